The van der Waals surface area contributed by atoms with Crippen LogP contribution in [0.25, 0.3) is 0 Å². The standard InChI is InChI=1S/C18H30N2O2/c1-5-20(6-2)16(15-10-8-7-9-11-15)13-19-18(22)12-17(21)14(3)4/h7-11,14,16-17,21H,5-6,12-13H2,1-4H3,(H,19,22)/t16-,17+/m0/s1. The van der Waals surface area contributed by atoms with Gasteiger partial charge in [0.25, 0.3) is 0 Å². The lowest BCUT2D eigenvalue weighted by Gasteiger charge is -2.30. The highest BCUT2D eigenvalue weighted by Gasteiger charge is 2.20. The first kappa shape index (κ1) is 18.7. The minimum atomic E-state index is -0.580. The van der Waals surface area contributed by atoms with Crippen molar-refractivity contribution < 1.29 is 9.90 Å². The van der Waals surface area contributed by atoms with E-state index in [1.807, 2.05) is 32.0 Å². The Morgan fingerprint density at radius 3 is 2.27 bits per heavy atom. The van der Waals surface area contributed by atoms with Crippen molar-refractivity contribution >= 4 is 5.91 Å². The van der Waals surface area contributed by atoms with E-state index in [0.717, 1.165) is 13.1 Å². The maximum Gasteiger partial charge on any atom is 0.222 e. The molecule has 124 valence electrons. The number of carbonyl (C=O) groups excluding carboxylic acids is 1. The number of aliphatic hydroxyl groups is 1. The number of benzene rings is 1. The first-order chi connectivity index (χ1) is 10.5. The number of amides is 1. The summed E-state index contributed by atoms with van der Waals surface area (Å²) in [6.07, 6.45) is -0.416. The summed E-state index contributed by atoms with van der Waals surface area (Å²) in [5, 5.41) is 12.8. The smallest absolute Gasteiger partial charge is 0.222 e. The molecule has 2 atom stereocenters. The van der Waals surface area contributed by atoms with Crippen LogP contribution in [0.1, 0.15) is 45.7 Å². The lowest BCUT2D eigenvalue weighted by atomic mass is 10.0. The predicted molar refractivity (Wildman–Crippen MR) is 90.6 cm³/mol. The Kier molecular flexibility index (Phi) is 8.13. The summed E-state index contributed by atoms with van der Waals surface area (Å²) in [6.45, 7) is 10.5. The van der Waals surface area contributed by atoms with Crippen molar-refractivity contribution in [2.75, 3.05) is 19.6 Å². The molecule has 0 heterocycles. The Morgan fingerprint density at radius 2 is 1.77 bits per heavy atom. The van der Waals surface area contributed by atoms with Gasteiger partial charge in [0, 0.05) is 6.54 Å². The van der Waals surface area contributed by atoms with Crippen molar-refractivity contribution in [2.45, 2.75) is 46.3 Å². The largest absolute Gasteiger partial charge is 0.392 e. The van der Waals surface area contributed by atoms with E-state index in [2.05, 4.69) is 36.2 Å². The Bertz CT molecular complexity index is 430. The fourth-order valence-electron chi connectivity index (χ4n) is 2.51. The zero-order chi connectivity index (χ0) is 16.5. The number of nitrogens with zero attached hydrogens (tertiary/aromatic N) is 1. The molecule has 0 aliphatic heterocycles. The van der Waals surface area contributed by atoms with Crippen molar-refractivity contribution in [3.63, 3.8) is 0 Å². The highest BCUT2D eigenvalue weighted by atomic mass is 16.3. The molecule has 0 bridgehead atoms. The van der Waals surface area contributed by atoms with E-state index in [0.29, 0.717) is 6.54 Å². The Balaban J connectivity index is 2.68. The zero-order valence-corrected chi connectivity index (χ0v) is 14.2. The molecule has 0 spiro atoms. The molecule has 1 rings (SSSR count). The van der Waals surface area contributed by atoms with Crippen LogP contribution in [0, 0.1) is 5.92 Å². The van der Waals surface area contributed by atoms with E-state index in [1.165, 1.54) is 5.56 Å². The first-order valence-electron chi connectivity index (χ1n) is 8.23. The molecule has 4 heteroatoms. The summed E-state index contributed by atoms with van der Waals surface area (Å²) in [5.41, 5.74) is 1.20. The fourth-order valence-corrected chi connectivity index (χ4v) is 2.51. The molecular formula is C18H30N2O2. The molecule has 2 N–H and O–H groups in total. The SMILES string of the molecule is CCN(CC)[C@@H](CNC(=O)C[C@@H](O)C(C)C)c1ccccc1. The molecule has 0 radical (unpaired) electrons. The molecule has 0 saturated carbocycles. The highest BCUT2D eigenvalue weighted by molar-refractivity contribution is 5.76. The van der Waals surface area contributed by atoms with Gasteiger partial charge in [0.05, 0.1) is 18.6 Å². The second-order valence-electron chi connectivity index (χ2n) is 5.97. The average molecular weight is 306 g/mol. The van der Waals surface area contributed by atoms with E-state index < -0.39 is 6.10 Å². The van der Waals surface area contributed by atoms with Crippen LogP contribution < -0.4 is 5.32 Å². The van der Waals surface area contributed by atoms with Crippen LogP contribution in [0.15, 0.2) is 30.3 Å². The van der Waals surface area contributed by atoms with Gasteiger partial charge in [0.2, 0.25) is 5.91 Å². The van der Waals surface area contributed by atoms with Crippen LogP contribution >= 0.6 is 0 Å². The molecule has 22 heavy (non-hydrogen) atoms. The van der Waals surface area contributed by atoms with Gasteiger partial charge in [-0.25, -0.2) is 0 Å². The molecular weight excluding hydrogens is 276 g/mol. The fraction of sp³-hybridized carbons (Fsp3) is 0.611. The third-order valence-corrected chi connectivity index (χ3v) is 4.09. The lowest BCUT2D eigenvalue weighted by molar-refractivity contribution is -0.123. The van der Waals surface area contributed by atoms with Crippen molar-refractivity contribution in [1.82, 2.24) is 10.2 Å². The number of hydrogen-bond acceptors (Lipinski definition) is 3. The monoisotopic (exact) mass is 306 g/mol. The number of nitrogens with one attached hydrogen (secondary N) is 1. The lowest BCUT2D eigenvalue weighted by Crippen LogP contribution is -2.39. The summed E-state index contributed by atoms with van der Waals surface area (Å²) >= 11 is 0. The minimum absolute atomic E-state index is 0.0886. The van der Waals surface area contributed by atoms with Gasteiger partial charge in [-0.1, -0.05) is 58.0 Å². The molecule has 1 aromatic rings. The van der Waals surface area contributed by atoms with E-state index in [1.54, 1.807) is 0 Å². The topological polar surface area (TPSA) is 52.6 Å². The van der Waals surface area contributed by atoms with Crippen LogP contribution in [0.5, 0.6) is 0 Å². The maximum absolute atomic E-state index is 12.0. The van der Waals surface area contributed by atoms with E-state index >= 15 is 0 Å². The summed E-state index contributed by atoms with van der Waals surface area (Å²) in [6, 6.07) is 10.4. The van der Waals surface area contributed by atoms with Gasteiger partial charge < -0.3 is 10.4 Å². The quantitative estimate of drug-likeness (QED) is 0.737. The Hall–Kier alpha value is -1.39. The second kappa shape index (κ2) is 9.59. The number of rotatable bonds is 9. The molecule has 0 aromatic heterocycles. The van der Waals surface area contributed by atoms with Gasteiger partial charge in [0.1, 0.15) is 0 Å². The van der Waals surface area contributed by atoms with Gasteiger partial charge in [0.15, 0.2) is 0 Å². The molecule has 1 aromatic carbocycles. The summed E-state index contributed by atoms with van der Waals surface area (Å²) in [5.74, 6) is 0.00717. The number of hydrogen-bond donors (Lipinski definition) is 2. The number of likely N-dealkylation sites (N-methyl/N-ethyl adjacent to an activating group) is 1. The normalized spacial score (nSPS) is 14.1. The molecule has 0 aliphatic carbocycles. The molecule has 0 aliphatic rings. The minimum Gasteiger partial charge on any atom is -0.392 e. The Morgan fingerprint density at radius 1 is 1.18 bits per heavy atom. The van der Waals surface area contributed by atoms with Crippen molar-refractivity contribution in [3.8, 4) is 0 Å². The van der Waals surface area contributed by atoms with Gasteiger partial charge in [-0.3, -0.25) is 9.69 Å². The first-order valence-corrected chi connectivity index (χ1v) is 8.23. The molecule has 4 nitrogen and oxygen atoms in total. The van der Waals surface area contributed by atoms with Crippen LogP contribution in [-0.2, 0) is 4.79 Å². The van der Waals surface area contributed by atoms with Crippen molar-refractivity contribution in [1.29, 1.82) is 0 Å². The second-order valence-corrected chi connectivity index (χ2v) is 5.97. The third-order valence-electron chi connectivity index (χ3n) is 4.09. The molecule has 1 amide bonds. The van der Waals surface area contributed by atoms with Crippen LogP contribution in [0.4, 0.5) is 0 Å². The maximum atomic E-state index is 12.0. The molecule has 0 saturated heterocycles. The van der Waals surface area contributed by atoms with E-state index in [9.17, 15) is 9.90 Å². The summed E-state index contributed by atoms with van der Waals surface area (Å²) < 4.78 is 0. The zero-order valence-electron chi connectivity index (χ0n) is 14.2. The molecule has 0 fully saturated rings. The van der Waals surface area contributed by atoms with Crippen LogP contribution in [0.2, 0.25) is 0 Å². The number of carbonyl (C=O) groups is 1. The molecule has 0 unspecified atom stereocenters. The van der Waals surface area contributed by atoms with E-state index in [-0.39, 0.29) is 24.3 Å². The number of aliphatic hydroxyl groups excluding tert-OH is 1. The average Bonchev–Trinajstić information content (AvgIpc) is 2.52. The van der Waals surface area contributed by atoms with Gasteiger partial charge in [-0.05, 0) is 24.6 Å². The van der Waals surface area contributed by atoms with Crippen molar-refractivity contribution in [2.24, 2.45) is 5.92 Å². The summed E-state index contributed by atoms with van der Waals surface area (Å²) in [4.78, 5) is 14.3. The predicted octanol–water partition coefficient (Wildman–Crippen LogP) is 2.59. The Labute approximate surface area is 134 Å². The van der Waals surface area contributed by atoms with Gasteiger partial charge in [-0.2, -0.15) is 0 Å². The van der Waals surface area contributed by atoms with Crippen LogP contribution in [0.3, 0.4) is 0 Å². The summed E-state index contributed by atoms with van der Waals surface area (Å²) in [7, 11) is 0. The third kappa shape index (κ3) is 5.78. The van der Waals surface area contributed by atoms with Gasteiger partial charge >= 0.3 is 0 Å². The van der Waals surface area contributed by atoms with Crippen LogP contribution in [-0.4, -0.2) is 41.7 Å². The highest BCUT2D eigenvalue weighted by Crippen LogP contribution is 2.19. The van der Waals surface area contributed by atoms with Gasteiger partial charge in [-0.15, -0.1) is 0 Å². The van der Waals surface area contributed by atoms with Crippen molar-refractivity contribution in [3.05, 3.63) is 35.9 Å². The van der Waals surface area contributed by atoms with E-state index in [4.69, 9.17) is 0 Å².